The Kier molecular flexibility index (Phi) is 5.46. The van der Waals surface area contributed by atoms with Crippen molar-refractivity contribution < 1.29 is 9.84 Å². The van der Waals surface area contributed by atoms with Crippen molar-refractivity contribution in [1.82, 2.24) is 18.5 Å². The van der Waals surface area contributed by atoms with Gasteiger partial charge in [-0.3, -0.25) is 9.80 Å². The zero-order chi connectivity index (χ0) is 19.6. The van der Waals surface area contributed by atoms with Crippen molar-refractivity contribution >= 4 is 22.8 Å². The van der Waals surface area contributed by atoms with Crippen molar-refractivity contribution in [3.8, 4) is 5.75 Å². The fraction of sp³-hybridized carbons (Fsp3) is 0.455. The normalized spacial score (nSPS) is 19.1. The second-order valence-corrected chi connectivity index (χ2v) is 8.62. The molecule has 0 unspecified atom stereocenters. The van der Waals surface area contributed by atoms with E-state index in [2.05, 4.69) is 54.9 Å². The van der Waals surface area contributed by atoms with Gasteiger partial charge in [0, 0.05) is 44.8 Å². The first kappa shape index (κ1) is 18.9. The van der Waals surface area contributed by atoms with Gasteiger partial charge in [0.05, 0.1) is 17.8 Å². The lowest BCUT2D eigenvalue weighted by atomic mass is 10.0. The van der Waals surface area contributed by atoms with Crippen molar-refractivity contribution in [2.45, 2.75) is 38.6 Å². The fourth-order valence-electron chi connectivity index (χ4n) is 4.26. The molecule has 0 aliphatic carbocycles. The molecule has 1 fully saturated rings. The van der Waals surface area contributed by atoms with Gasteiger partial charge < -0.3 is 9.84 Å². The van der Waals surface area contributed by atoms with Crippen LogP contribution in [0.1, 0.15) is 29.5 Å². The lowest BCUT2D eigenvalue weighted by Crippen LogP contribution is -2.35. The van der Waals surface area contributed by atoms with Crippen LogP contribution in [0.25, 0.3) is 11.0 Å². The van der Waals surface area contributed by atoms with E-state index in [-0.39, 0.29) is 6.10 Å². The first-order valence-corrected chi connectivity index (χ1v) is 11.0. The lowest BCUT2D eigenvalue weighted by Gasteiger charge is -2.29. The van der Waals surface area contributed by atoms with Gasteiger partial charge in [-0.05, 0) is 48.2 Å². The van der Waals surface area contributed by atoms with Gasteiger partial charge in [-0.15, -0.1) is 0 Å². The number of hydrogen-bond acceptors (Lipinski definition) is 7. The van der Waals surface area contributed by atoms with E-state index in [1.165, 1.54) is 28.4 Å². The molecule has 2 aliphatic heterocycles. The van der Waals surface area contributed by atoms with Crippen molar-refractivity contribution in [3.63, 3.8) is 0 Å². The largest absolute Gasteiger partial charge is 0.492 e. The van der Waals surface area contributed by atoms with Crippen molar-refractivity contribution in [2.24, 2.45) is 0 Å². The van der Waals surface area contributed by atoms with Crippen LogP contribution in [0, 0.1) is 0 Å². The number of aliphatic hydroxyl groups excluding tert-OH is 1. The summed E-state index contributed by atoms with van der Waals surface area (Å²) in [5, 5.41) is 9.72. The summed E-state index contributed by atoms with van der Waals surface area (Å²) in [4.78, 5) is 4.87. The smallest absolute Gasteiger partial charge is 0.123 e. The standard InChI is InChI=1S/C22H26N4O2S/c27-19-5-7-25(8-6-19)13-16-2-4-22-18(11-16)15-26(9-10-28-22)14-17-1-3-20-21(12-17)24-29-23-20/h1-4,11-12,19,27H,5-10,13-15H2. The van der Waals surface area contributed by atoms with Gasteiger partial charge in [-0.1, -0.05) is 12.1 Å². The maximum Gasteiger partial charge on any atom is 0.123 e. The van der Waals surface area contributed by atoms with Crippen molar-refractivity contribution in [3.05, 3.63) is 53.1 Å². The molecule has 0 radical (unpaired) electrons. The first-order valence-electron chi connectivity index (χ1n) is 10.3. The third kappa shape index (κ3) is 4.43. The number of benzene rings is 2. The maximum absolute atomic E-state index is 9.72. The predicted molar refractivity (Wildman–Crippen MR) is 114 cm³/mol. The van der Waals surface area contributed by atoms with Gasteiger partial charge in [0.15, 0.2) is 0 Å². The molecule has 152 valence electrons. The molecular weight excluding hydrogens is 384 g/mol. The maximum atomic E-state index is 9.72. The molecular formula is C22H26N4O2S. The van der Waals surface area contributed by atoms with E-state index in [1.807, 2.05) is 0 Å². The zero-order valence-electron chi connectivity index (χ0n) is 16.5. The van der Waals surface area contributed by atoms with E-state index in [9.17, 15) is 5.11 Å². The summed E-state index contributed by atoms with van der Waals surface area (Å²) >= 11 is 1.27. The molecule has 1 aromatic heterocycles. The van der Waals surface area contributed by atoms with Crippen LogP contribution in [0.5, 0.6) is 5.75 Å². The summed E-state index contributed by atoms with van der Waals surface area (Å²) in [5.41, 5.74) is 5.79. The topological polar surface area (TPSA) is 61.7 Å². The van der Waals surface area contributed by atoms with Gasteiger partial charge >= 0.3 is 0 Å². The minimum Gasteiger partial charge on any atom is -0.492 e. The highest BCUT2D eigenvalue weighted by molar-refractivity contribution is 7.00. The molecule has 0 spiro atoms. The highest BCUT2D eigenvalue weighted by Gasteiger charge is 2.19. The molecule has 0 bridgehead atoms. The van der Waals surface area contributed by atoms with Crippen LogP contribution < -0.4 is 4.74 Å². The number of ether oxygens (including phenoxy) is 1. The Bertz CT molecular complexity index is 984. The van der Waals surface area contributed by atoms with E-state index < -0.39 is 0 Å². The van der Waals surface area contributed by atoms with Crippen LogP contribution in [0.4, 0.5) is 0 Å². The molecule has 2 aromatic carbocycles. The first-order chi connectivity index (χ1) is 14.2. The van der Waals surface area contributed by atoms with Gasteiger partial charge in [0.1, 0.15) is 23.4 Å². The Morgan fingerprint density at radius 3 is 2.59 bits per heavy atom. The molecule has 5 rings (SSSR count). The van der Waals surface area contributed by atoms with Crippen molar-refractivity contribution in [1.29, 1.82) is 0 Å². The monoisotopic (exact) mass is 410 g/mol. The Balaban J connectivity index is 1.29. The summed E-state index contributed by atoms with van der Waals surface area (Å²) < 4.78 is 14.7. The van der Waals surface area contributed by atoms with Gasteiger partial charge in [0.2, 0.25) is 0 Å². The second kappa shape index (κ2) is 8.36. The number of hydrogen-bond donors (Lipinski definition) is 1. The van der Waals surface area contributed by atoms with Crippen LogP contribution in [0.3, 0.4) is 0 Å². The minimum atomic E-state index is -0.125. The Morgan fingerprint density at radius 2 is 1.69 bits per heavy atom. The van der Waals surface area contributed by atoms with E-state index in [4.69, 9.17) is 4.74 Å². The predicted octanol–water partition coefficient (Wildman–Crippen LogP) is 3.04. The summed E-state index contributed by atoms with van der Waals surface area (Å²) in [6.45, 7) is 6.25. The number of piperidine rings is 1. The van der Waals surface area contributed by atoms with Gasteiger partial charge in [-0.25, -0.2) is 0 Å². The molecule has 0 amide bonds. The summed E-state index contributed by atoms with van der Waals surface area (Å²) in [6, 6.07) is 13.0. The Labute approximate surface area is 175 Å². The van der Waals surface area contributed by atoms with E-state index in [0.29, 0.717) is 6.61 Å². The second-order valence-electron chi connectivity index (χ2n) is 8.10. The molecule has 0 atom stereocenters. The van der Waals surface area contributed by atoms with E-state index >= 15 is 0 Å². The van der Waals surface area contributed by atoms with Crippen LogP contribution >= 0.6 is 11.7 Å². The molecule has 2 aliphatic rings. The average molecular weight is 411 g/mol. The summed E-state index contributed by atoms with van der Waals surface area (Å²) in [6.07, 6.45) is 1.63. The van der Waals surface area contributed by atoms with E-state index in [0.717, 1.165) is 68.9 Å². The molecule has 3 aromatic rings. The molecule has 1 N–H and O–H groups in total. The molecule has 6 nitrogen and oxygen atoms in total. The SMILES string of the molecule is OC1CCN(Cc2ccc3c(c2)CN(Cc2ccc4nsnc4c2)CCO3)CC1. The third-order valence-corrected chi connectivity index (χ3v) is 6.43. The lowest BCUT2D eigenvalue weighted by molar-refractivity contribution is 0.0792. The number of aliphatic hydroxyl groups is 1. The molecule has 0 saturated carbocycles. The summed E-state index contributed by atoms with van der Waals surface area (Å²) in [7, 11) is 0. The number of aromatic nitrogens is 2. The highest BCUT2D eigenvalue weighted by Crippen LogP contribution is 2.27. The quantitative estimate of drug-likeness (QED) is 0.713. The number of likely N-dealkylation sites (tertiary alicyclic amines) is 1. The van der Waals surface area contributed by atoms with Crippen LogP contribution in [-0.2, 0) is 19.6 Å². The van der Waals surface area contributed by atoms with Gasteiger partial charge in [-0.2, -0.15) is 8.75 Å². The zero-order valence-corrected chi connectivity index (χ0v) is 17.3. The number of rotatable bonds is 4. The van der Waals surface area contributed by atoms with Crippen LogP contribution in [0.2, 0.25) is 0 Å². The highest BCUT2D eigenvalue weighted by atomic mass is 32.1. The molecule has 29 heavy (non-hydrogen) atoms. The number of fused-ring (bicyclic) bond motifs is 2. The fourth-order valence-corrected chi connectivity index (χ4v) is 4.77. The Morgan fingerprint density at radius 1 is 0.931 bits per heavy atom. The molecule has 3 heterocycles. The Hall–Kier alpha value is -2.06. The summed E-state index contributed by atoms with van der Waals surface area (Å²) in [5.74, 6) is 1.00. The van der Waals surface area contributed by atoms with E-state index in [1.54, 1.807) is 0 Å². The molecule has 7 heteroatoms. The minimum absolute atomic E-state index is 0.125. The molecule has 1 saturated heterocycles. The average Bonchev–Trinajstić information content (AvgIpc) is 3.10. The van der Waals surface area contributed by atoms with Crippen LogP contribution in [-0.4, -0.2) is 56.0 Å². The van der Waals surface area contributed by atoms with Crippen molar-refractivity contribution in [2.75, 3.05) is 26.2 Å². The van der Waals surface area contributed by atoms with Gasteiger partial charge in [0.25, 0.3) is 0 Å². The number of nitrogens with zero attached hydrogens (tertiary/aromatic N) is 4. The van der Waals surface area contributed by atoms with Crippen LogP contribution in [0.15, 0.2) is 36.4 Å². The third-order valence-electron chi connectivity index (χ3n) is 5.87.